The second-order valence-corrected chi connectivity index (χ2v) is 6.51. The Morgan fingerprint density at radius 1 is 1.37 bits per heavy atom. The Labute approximate surface area is 118 Å². The van der Waals surface area contributed by atoms with Gasteiger partial charge < -0.3 is 5.32 Å². The standard InChI is InChI=1S/C17H28N2/c1-13(2)8-17-10-18-15(4)11-19(17)12-16-7-5-6-14(3)9-16/h5-7,9,13,15,17-18H,8,10-12H2,1-4H3. The number of rotatable bonds is 4. The van der Waals surface area contributed by atoms with Crippen LogP contribution in [0.1, 0.15) is 38.3 Å². The molecule has 0 amide bonds. The van der Waals surface area contributed by atoms with Gasteiger partial charge in [-0.3, -0.25) is 4.90 Å². The zero-order valence-electron chi connectivity index (χ0n) is 12.8. The molecule has 2 rings (SSSR count). The van der Waals surface area contributed by atoms with Gasteiger partial charge in [-0.1, -0.05) is 43.7 Å². The van der Waals surface area contributed by atoms with Gasteiger partial charge >= 0.3 is 0 Å². The van der Waals surface area contributed by atoms with E-state index in [4.69, 9.17) is 0 Å². The highest BCUT2D eigenvalue weighted by Gasteiger charge is 2.26. The van der Waals surface area contributed by atoms with E-state index in [9.17, 15) is 0 Å². The molecule has 1 aromatic carbocycles. The van der Waals surface area contributed by atoms with Crippen LogP contribution in [0.3, 0.4) is 0 Å². The van der Waals surface area contributed by atoms with E-state index < -0.39 is 0 Å². The fraction of sp³-hybridized carbons (Fsp3) is 0.647. The monoisotopic (exact) mass is 260 g/mol. The molecular formula is C17H28N2. The number of hydrogen-bond acceptors (Lipinski definition) is 2. The maximum atomic E-state index is 3.62. The van der Waals surface area contributed by atoms with E-state index in [2.05, 4.69) is 62.2 Å². The summed E-state index contributed by atoms with van der Waals surface area (Å²) in [6, 6.07) is 10.2. The van der Waals surface area contributed by atoms with Crippen LogP contribution in [0.15, 0.2) is 24.3 Å². The summed E-state index contributed by atoms with van der Waals surface area (Å²) in [5.41, 5.74) is 2.81. The van der Waals surface area contributed by atoms with Crippen LogP contribution in [-0.2, 0) is 6.54 Å². The molecule has 1 aliphatic heterocycles. The Morgan fingerprint density at radius 3 is 2.84 bits per heavy atom. The average Bonchev–Trinajstić information content (AvgIpc) is 2.32. The van der Waals surface area contributed by atoms with Crippen LogP contribution in [0.2, 0.25) is 0 Å². The molecule has 1 aromatic rings. The van der Waals surface area contributed by atoms with Gasteiger partial charge in [0.05, 0.1) is 0 Å². The van der Waals surface area contributed by atoms with Gasteiger partial charge in [0, 0.05) is 31.7 Å². The Hall–Kier alpha value is -0.860. The molecule has 0 aliphatic carbocycles. The number of aryl methyl sites for hydroxylation is 1. The molecule has 0 radical (unpaired) electrons. The number of piperazine rings is 1. The quantitative estimate of drug-likeness (QED) is 0.894. The van der Waals surface area contributed by atoms with Crippen molar-refractivity contribution in [3.8, 4) is 0 Å². The predicted octanol–water partition coefficient (Wildman–Crippen LogP) is 3.20. The highest BCUT2D eigenvalue weighted by molar-refractivity contribution is 5.22. The maximum Gasteiger partial charge on any atom is 0.0237 e. The van der Waals surface area contributed by atoms with E-state index in [0.29, 0.717) is 12.1 Å². The number of nitrogens with one attached hydrogen (secondary N) is 1. The Bertz CT molecular complexity index is 400. The first-order valence-electron chi connectivity index (χ1n) is 7.57. The summed E-state index contributed by atoms with van der Waals surface area (Å²) in [7, 11) is 0. The lowest BCUT2D eigenvalue weighted by Crippen LogP contribution is -2.55. The van der Waals surface area contributed by atoms with Crippen molar-refractivity contribution >= 4 is 0 Å². The van der Waals surface area contributed by atoms with Gasteiger partial charge in [0.2, 0.25) is 0 Å². The normalized spacial score (nSPS) is 24.9. The van der Waals surface area contributed by atoms with Crippen molar-refractivity contribution in [1.29, 1.82) is 0 Å². The minimum atomic E-state index is 0.605. The van der Waals surface area contributed by atoms with E-state index in [0.717, 1.165) is 25.6 Å². The first kappa shape index (κ1) is 14.5. The number of benzene rings is 1. The largest absolute Gasteiger partial charge is 0.311 e. The topological polar surface area (TPSA) is 15.3 Å². The van der Waals surface area contributed by atoms with Gasteiger partial charge in [0.15, 0.2) is 0 Å². The van der Waals surface area contributed by atoms with Crippen LogP contribution in [0.25, 0.3) is 0 Å². The summed E-state index contributed by atoms with van der Waals surface area (Å²) in [4.78, 5) is 2.66. The van der Waals surface area contributed by atoms with Crippen molar-refractivity contribution < 1.29 is 0 Å². The first-order valence-corrected chi connectivity index (χ1v) is 7.57. The Kier molecular flexibility index (Phi) is 5.00. The molecule has 2 heteroatoms. The molecule has 1 aliphatic rings. The van der Waals surface area contributed by atoms with Crippen molar-refractivity contribution in [2.24, 2.45) is 5.92 Å². The molecule has 2 unspecified atom stereocenters. The summed E-state index contributed by atoms with van der Waals surface area (Å²) >= 11 is 0. The molecule has 19 heavy (non-hydrogen) atoms. The third kappa shape index (κ3) is 4.32. The summed E-state index contributed by atoms with van der Waals surface area (Å²) in [5, 5.41) is 3.62. The molecule has 1 fully saturated rings. The minimum Gasteiger partial charge on any atom is -0.311 e. The molecule has 0 spiro atoms. The van der Waals surface area contributed by atoms with E-state index in [-0.39, 0.29) is 0 Å². The van der Waals surface area contributed by atoms with Crippen molar-refractivity contribution in [1.82, 2.24) is 10.2 Å². The third-order valence-corrected chi connectivity index (χ3v) is 3.94. The van der Waals surface area contributed by atoms with E-state index >= 15 is 0 Å². The summed E-state index contributed by atoms with van der Waals surface area (Å²) in [6.45, 7) is 12.5. The first-order chi connectivity index (χ1) is 9.04. The van der Waals surface area contributed by atoms with Gasteiger partial charge in [0.1, 0.15) is 0 Å². The van der Waals surface area contributed by atoms with Crippen LogP contribution in [0.5, 0.6) is 0 Å². The molecule has 1 heterocycles. The molecule has 0 aromatic heterocycles. The Balaban J connectivity index is 2.05. The summed E-state index contributed by atoms with van der Waals surface area (Å²) in [6.07, 6.45) is 1.28. The van der Waals surface area contributed by atoms with Crippen LogP contribution in [0.4, 0.5) is 0 Å². The smallest absolute Gasteiger partial charge is 0.0237 e. The zero-order valence-corrected chi connectivity index (χ0v) is 12.8. The van der Waals surface area contributed by atoms with Crippen molar-refractivity contribution in [2.75, 3.05) is 13.1 Å². The van der Waals surface area contributed by atoms with E-state index in [1.165, 1.54) is 17.5 Å². The van der Waals surface area contributed by atoms with E-state index in [1.54, 1.807) is 0 Å². The molecule has 1 N–H and O–H groups in total. The molecule has 0 saturated carbocycles. The van der Waals surface area contributed by atoms with Crippen LogP contribution in [0, 0.1) is 12.8 Å². The average molecular weight is 260 g/mol. The second kappa shape index (κ2) is 6.53. The van der Waals surface area contributed by atoms with Gasteiger partial charge in [-0.25, -0.2) is 0 Å². The number of hydrogen-bond donors (Lipinski definition) is 1. The van der Waals surface area contributed by atoms with Gasteiger partial charge in [-0.2, -0.15) is 0 Å². The summed E-state index contributed by atoms with van der Waals surface area (Å²) in [5.74, 6) is 0.764. The van der Waals surface area contributed by atoms with Crippen molar-refractivity contribution in [3.05, 3.63) is 35.4 Å². The molecule has 1 saturated heterocycles. The maximum absolute atomic E-state index is 3.62. The van der Waals surface area contributed by atoms with Crippen molar-refractivity contribution in [3.63, 3.8) is 0 Å². The highest BCUT2D eigenvalue weighted by Crippen LogP contribution is 2.18. The van der Waals surface area contributed by atoms with Gasteiger partial charge in [0.25, 0.3) is 0 Å². The second-order valence-electron chi connectivity index (χ2n) is 6.51. The lowest BCUT2D eigenvalue weighted by atomic mass is 9.98. The SMILES string of the molecule is Cc1cccc(CN2CC(C)NCC2CC(C)C)c1. The minimum absolute atomic E-state index is 0.605. The van der Waals surface area contributed by atoms with Gasteiger partial charge in [-0.15, -0.1) is 0 Å². The van der Waals surface area contributed by atoms with Gasteiger partial charge in [-0.05, 0) is 31.7 Å². The summed E-state index contributed by atoms with van der Waals surface area (Å²) < 4.78 is 0. The Morgan fingerprint density at radius 2 is 2.16 bits per heavy atom. The lowest BCUT2D eigenvalue weighted by molar-refractivity contribution is 0.111. The van der Waals surface area contributed by atoms with Crippen LogP contribution >= 0.6 is 0 Å². The molecule has 0 bridgehead atoms. The fourth-order valence-corrected chi connectivity index (χ4v) is 3.05. The van der Waals surface area contributed by atoms with Crippen LogP contribution in [-0.4, -0.2) is 30.1 Å². The molecular weight excluding hydrogens is 232 g/mol. The van der Waals surface area contributed by atoms with Crippen molar-refractivity contribution in [2.45, 2.75) is 52.7 Å². The molecule has 2 atom stereocenters. The van der Waals surface area contributed by atoms with Crippen LogP contribution < -0.4 is 5.32 Å². The lowest BCUT2D eigenvalue weighted by Gasteiger charge is -2.40. The molecule has 106 valence electrons. The fourth-order valence-electron chi connectivity index (χ4n) is 3.05. The third-order valence-electron chi connectivity index (χ3n) is 3.94. The zero-order chi connectivity index (χ0) is 13.8. The van der Waals surface area contributed by atoms with E-state index in [1.807, 2.05) is 0 Å². The predicted molar refractivity (Wildman–Crippen MR) is 82.3 cm³/mol. The molecule has 2 nitrogen and oxygen atoms in total. The highest BCUT2D eigenvalue weighted by atomic mass is 15.2. The number of nitrogens with zero attached hydrogens (tertiary/aromatic N) is 1.